The second-order valence-corrected chi connectivity index (χ2v) is 6.01. The molecule has 2 fully saturated rings. The molecule has 0 atom stereocenters. The van der Waals surface area contributed by atoms with E-state index in [1.54, 1.807) is 7.05 Å². The fourth-order valence-corrected chi connectivity index (χ4v) is 2.84. The Morgan fingerprint density at radius 1 is 1.19 bits per heavy atom. The van der Waals surface area contributed by atoms with Crippen LogP contribution in [0, 0.1) is 11.8 Å². The number of halogens is 1. The minimum Gasteiger partial charge on any atom is -0.359 e. The Bertz CT molecular complexity index is 350. The smallest absolute Gasteiger partial charge is 0.220 e. The lowest BCUT2D eigenvalue weighted by Gasteiger charge is -2.34. The van der Waals surface area contributed by atoms with Crippen LogP contribution in [0.3, 0.4) is 0 Å². The maximum Gasteiger partial charge on any atom is 0.220 e. The Morgan fingerprint density at radius 3 is 2.38 bits per heavy atom. The third-order valence-electron chi connectivity index (χ3n) is 4.41. The van der Waals surface area contributed by atoms with Gasteiger partial charge in [-0.05, 0) is 31.1 Å². The predicted octanol–water partition coefficient (Wildman–Crippen LogP) is 1.83. The van der Waals surface area contributed by atoms with E-state index in [-0.39, 0.29) is 29.9 Å². The Balaban J connectivity index is 0.00000220. The number of hydrogen-bond acceptors (Lipinski definition) is 2. The molecule has 1 heterocycles. The van der Waals surface area contributed by atoms with Crippen molar-refractivity contribution in [1.82, 2.24) is 15.5 Å². The van der Waals surface area contributed by atoms with E-state index in [1.165, 1.54) is 19.3 Å². The van der Waals surface area contributed by atoms with Crippen LogP contribution in [0.5, 0.6) is 0 Å². The maximum atomic E-state index is 11.4. The molecule has 0 bridgehead atoms. The van der Waals surface area contributed by atoms with Gasteiger partial charge in [-0.1, -0.05) is 12.8 Å². The van der Waals surface area contributed by atoms with Gasteiger partial charge in [0.25, 0.3) is 0 Å². The predicted molar refractivity (Wildman–Crippen MR) is 97.1 cm³/mol. The molecule has 21 heavy (non-hydrogen) atoms. The molecule has 1 aliphatic carbocycles. The Morgan fingerprint density at radius 2 is 1.86 bits per heavy atom. The lowest BCUT2D eigenvalue weighted by molar-refractivity contribution is -0.121. The van der Waals surface area contributed by atoms with E-state index >= 15 is 0 Å². The van der Waals surface area contributed by atoms with E-state index in [0.717, 1.165) is 44.4 Å². The Kier molecular flexibility index (Phi) is 8.36. The monoisotopic (exact) mass is 408 g/mol. The van der Waals surface area contributed by atoms with Gasteiger partial charge >= 0.3 is 0 Å². The average molecular weight is 408 g/mol. The van der Waals surface area contributed by atoms with Crippen molar-refractivity contribution in [3.63, 3.8) is 0 Å². The molecule has 2 rings (SSSR count). The van der Waals surface area contributed by atoms with Gasteiger partial charge in [-0.25, -0.2) is 0 Å². The quantitative estimate of drug-likeness (QED) is 0.415. The zero-order chi connectivity index (χ0) is 14.4. The van der Waals surface area contributed by atoms with Crippen LogP contribution in [0.15, 0.2) is 4.99 Å². The van der Waals surface area contributed by atoms with E-state index in [4.69, 9.17) is 0 Å². The van der Waals surface area contributed by atoms with Crippen LogP contribution in [0.2, 0.25) is 0 Å². The van der Waals surface area contributed by atoms with Crippen LogP contribution in [0.1, 0.15) is 38.5 Å². The normalized spacial score (nSPS) is 19.9. The van der Waals surface area contributed by atoms with Crippen LogP contribution >= 0.6 is 24.0 Å². The summed E-state index contributed by atoms with van der Waals surface area (Å²) in [6, 6.07) is 0. The van der Waals surface area contributed by atoms with Crippen molar-refractivity contribution in [1.29, 1.82) is 0 Å². The number of aliphatic imine (C=N–C) groups is 1. The van der Waals surface area contributed by atoms with Gasteiger partial charge in [0, 0.05) is 40.2 Å². The molecule has 0 unspecified atom stereocenters. The number of guanidine groups is 1. The first kappa shape index (κ1) is 18.5. The van der Waals surface area contributed by atoms with Gasteiger partial charge in [-0.2, -0.15) is 0 Å². The number of carbonyl (C=O) groups excluding carboxylic acids is 1. The van der Waals surface area contributed by atoms with E-state index < -0.39 is 0 Å². The highest BCUT2D eigenvalue weighted by Crippen LogP contribution is 2.31. The van der Waals surface area contributed by atoms with Crippen molar-refractivity contribution in [2.24, 2.45) is 16.8 Å². The zero-order valence-corrected chi connectivity index (χ0v) is 15.6. The van der Waals surface area contributed by atoms with Gasteiger partial charge in [0.15, 0.2) is 5.96 Å². The fourth-order valence-electron chi connectivity index (χ4n) is 2.84. The molecule has 2 aliphatic rings. The van der Waals surface area contributed by atoms with Crippen LogP contribution in [-0.4, -0.2) is 50.5 Å². The molecule has 0 aromatic rings. The fraction of sp³-hybridized carbons (Fsp3) is 0.867. The summed E-state index contributed by atoms with van der Waals surface area (Å²) in [5.41, 5.74) is 0. The summed E-state index contributed by atoms with van der Waals surface area (Å²) in [4.78, 5) is 18.1. The summed E-state index contributed by atoms with van der Waals surface area (Å²) in [5.74, 6) is 2.68. The topological polar surface area (TPSA) is 56.7 Å². The van der Waals surface area contributed by atoms with Crippen molar-refractivity contribution in [3.8, 4) is 0 Å². The lowest BCUT2D eigenvalue weighted by atomic mass is 9.93. The van der Waals surface area contributed by atoms with Gasteiger partial charge in [-0.3, -0.25) is 9.79 Å². The molecule has 5 nitrogen and oxygen atoms in total. The molecule has 2 N–H and O–H groups in total. The third kappa shape index (κ3) is 6.40. The van der Waals surface area contributed by atoms with Crippen molar-refractivity contribution < 1.29 is 4.79 Å². The highest BCUT2D eigenvalue weighted by Gasteiger charge is 2.24. The number of nitrogens with one attached hydrogen (secondary N) is 2. The van der Waals surface area contributed by atoms with Crippen LogP contribution < -0.4 is 10.6 Å². The minimum atomic E-state index is 0. The maximum absolute atomic E-state index is 11.4. The molecule has 1 saturated carbocycles. The number of hydrogen-bond donors (Lipinski definition) is 2. The Labute approximate surface area is 145 Å². The van der Waals surface area contributed by atoms with Crippen molar-refractivity contribution in [2.45, 2.75) is 38.5 Å². The molecule has 122 valence electrons. The van der Waals surface area contributed by atoms with Gasteiger partial charge < -0.3 is 15.5 Å². The van der Waals surface area contributed by atoms with Gasteiger partial charge in [0.2, 0.25) is 5.91 Å². The third-order valence-corrected chi connectivity index (χ3v) is 4.41. The number of piperidine rings is 1. The highest BCUT2D eigenvalue weighted by molar-refractivity contribution is 14.0. The van der Waals surface area contributed by atoms with E-state index in [1.807, 2.05) is 7.05 Å². The first-order chi connectivity index (χ1) is 9.72. The molecule has 0 aromatic heterocycles. The van der Waals surface area contributed by atoms with E-state index in [2.05, 4.69) is 20.5 Å². The second-order valence-electron chi connectivity index (χ2n) is 6.01. The molecule has 0 spiro atoms. The van der Waals surface area contributed by atoms with Crippen LogP contribution in [-0.2, 0) is 4.79 Å². The highest BCUT2D eigenvalue weighted by atomic mass is 127. The molecular formula is C15H29IN4O. The van der Waals surface area contributed by atoms with Crippen LogP contribution in [0.4, 0.5) is 0 Å². The van der Waals surface area contributed by atoms with Crippen LogP contribution in [0.25, 0.3) is 0 Å². The number of nitrogens with zero attached hydrogens (tertiary/aromatic N) is 2. The molecule has 0 aromatic carbocycles. The summed E-state index contributed by atoms with van der Waals surface area (Å²) in [6.07, 6.45) is 6.91. The SMILES string of the molecule is CN=C(NCCC1CC1)N1CCC(CC(=O)NC)CC1.I. The number of amides is 1. The summed E-state index contributed by atoms with van der Waals surface area (Å²) < 4.78 is 0. The molecule has 1 saturated heterocycles. The van der Waals surface area contributed by atoms with Crippen molar-refractivity contribution in [2.75, 3.05) is 33.7 Å². The van der Waals surface area contributed by atoms with E-state index in [0.29, 0.717) is 12.3 Å². The summed E-state index contributed by atoms with van der Waals surface area (Å²) in [6.45, 7) is 3.05. The zero-order valence-electron chi connectivity index (χ0n) is 13.2. The number of rotatable bonds is 5. The molecular weight excluding hydrogens is 379 g/mol. The number of carbonyl (C=O) groups is 1. The first-order valence-corrected chi connectivity index (χ1v) is 7.89. The summed E-state index contributed by atoms with van der Waals surface area (Å²) in [7, 11) is 3.57. The standard InChI is InChI=1S/C15H28N4O.HI/c1-16-14(20)11-13-6-9-19(10-7-13)15(17-2)18-8-5-12-3-4-12;/h12-13H,3-11H2,1-2H3,(H,16,20)(H,17,18);1H. The Hall–Kier alpha value is -0.530. The summed E-state index contributed by atoms with van der Waals surface area (Å²) >= 11 is 0. The van der Waals surface area contributed by atoms with Crippen molar-refractivity contribution >= 4 is 35.8 Å². The molecule has 1 amide bonds. The second kappa shape index (κ2) is 9.48. The molecule has 1 aliphatic heterocycles. The number of likely N-dealkylation sites (tertiary alicyclic amines) is 1. The molecule has 6 heteroatoms. The molecule has 0 radical (unpaired) electrons. The van der Waals surface area contributed by atoms with Gasteiger partial charge in [0.05, 0.1) is 0 Å². The van der Waals surface area contributed by atoms with Gasteiger partial charge in [-0.15, -0.1) is 24.0 Å². The largest absolute Gasteiger partial charge is 0.359 e. The summed E-state index contributed by atoms with van der Waals surface area (Å²) in [5, 5.41) is 6.19. The minimum absolute atomic E-state index is 0. The van der Waals surface area contributed by atoms with Crippen molar-refractivity contribution in [3.05, 3.63) is 0 Å². The van der Waals surface area contributed by atoms with Gasteiger partial charge in [0.1, 0.15) is 0 Å². The lowest BCUT2D eigenvalue weighted by Crippen LogP contribution is -2.46. The first-order valence-electron chi connectivity index (χ1n) is 7.89. The van der Waals surface area contributed by atoms with E-state index in [9.17, 15) is 4.79 Å². The average Bonchev–Trinajstić information content (AvgIpc) is 3.29.